The highest BCUT2D eigenvalue weighted by molar-refractivity contribution is 6.21. The van der Waals surface area contributed by atoms with E-state index >= 15 is 0 Å². The maximum atomic E-state index is 12.9. The Morgan fingerprint density at radius 1 is 0.935 bits per heavy atom. The summed E-state index contributed by atoms with van der Waals surface area (Å²) in [6, 6.07) is 4.51. The average Bonchev–Trinajstić information content (AvgIpc) is 2.93. The third-order valence-electron chi connectivity index (χ3n) is 4.81. The molecule has 2 aliphatic heterocycles. The average molecular weight is 435 g/mol. The molecule has 3 rings (SSSR count). The van der Waals surface area contributed by atoms with Crippen molar-refractivity contribution in [3.63, 3.8) is 0 Å². The largest absolute Gasteiger partial charge is 0.463 e. The van der Waals surface area contributed by atoms with Crippen molar-refractivity contribution < 1.29 is 48.0 Å². The van der Waals surface area contributed by atoms with E-state index in [9.17, 15) is 29.1 Å². The van der Waals surface area contributed by atoms with E-state index in [-0.39, 0.29) is 11.1 Å². The van der Waals surface area contributed by atoms with Crippen LogP contribution < -0.4 is 0 Å². The molecule has 2 amide bonds. The SMILES string of the molecule is CC(=O)OC[C@H]1O[C@H](O)[C@@H](N2C(=O)c3ccccc3C2=O)[C@@H](OC(C)=O)[C@@H]1OC(C)=O. The van der Waals surface area contributed by atoms with Crippen LogP contribution in [0.25, 0.3) is 0 Å². The molecule has 0 radical (unpaired) electrons. The number of carbonyl (C=O) groups is 5. The Bertz CT molecular complexity index is 893. The molecule has 1 fully saturated rings. The van der Waals surface area contributed by atoms with Crippen LogP contribution in [-0.2, 0) is 33.3 Å². The normalized spacial score (nSPS) is 27.5. The van der Waals surface area contributed by atoms with Crippen LogP contribution in [0.15, 0.2) is 24.3 Å². The Hall–Kier alpha value is -3.31. The topological polar surface area (TPSA) is 146 Å². The van der Waals surface area contributed by atoms with Crippen LogP contribution in [-0.4, -0.2) is 77.0 Å². The van der Waals surface area contributed by atoms with Gasteiger partial charge in [0, 0.05) is 20.8 Å². The lowest BCUT2D eigenvalue weighted by Gasteiger charge is -2.45. The number of nitrogens with zero attached hydrogens (tertiary/aromatic N) is 1. The van der Waals surface area contributed by atoms with E-state index in [4.69, 9.17) is 18.9 Å². The highest BCUT2D eigenvalue weighted by Gasteiger charge is 2.56. The Balaban J connectivity index is 2.01. The molecule has 0 saturated carbocycles. The van der Waals surface area contributed by atoms with Crippen molar-refractivity contribution in [3.05, 3.63) is 35.4 Å². The van der Waals surface area contributed by atoms with Gasteiger partial charge in [-0.15, -0.1) is 0 Å². The highest BCUT2D eigenvalue weighted by atomic mass is 16.7. The van der Waals surface area contributed by atoms with Crippen LogP contribution in [0.3, 0.4) is 0 Å². The number of ether oxygens (including phenoxy) is 4. The van der Waals surface area contributed by atoms with E-state index in [1.807, 2.05) is 0 Å². The summed E-state index contributed by atoms with van der Waals surface area (Å²) in [5.74, 6) is -3.72. The van der Waals surface area contributed by atoms with Gasteiger partial charge in [-0.2, -0.15) is 0 Å². The fourth-order valence-electron chi connectivity index (χ4n) is 3.65. The van der Waals surface area contributed by atoms with Crippen molar-refractivity contribution in [2.24, 2.45) is 0 Å². The van der Waals surface area contributed by atoms with Gasteiger partial charge in [-0.25, -0.2) is 0 Å². The number of carbonyl (C=O) groups excluding carboxylic acids is 5. The number of rotatable bonds is 5. The molecule has 0 aliphatic carbocycles. The lowest BCUT2D eigenvalue weighted by Crippen LogP contribution is -2.67. The molecule has 1 saturated heterocycles. The van der Waals surface area contributed by atoms with Crippen LogP contribution in [0.4, 0.5) is 0 Å². The van der Waals surface area contributed by atoms with Crippen LogP contribution in [0, 0.1) is 0 Å². The van der Waals surface area contributed by atoms with Gasteiger partial charge in [0.05, 0.1) is 11.1 Å². The Kier molecular flexibility index (Phi) is 6.37. The first kappa shape index (κ1) is 22.4. The third-order valence-corrected chi connectivity index (χ3v) is 4.81. The molecule has 0 bridgehead atoms. The fraction of sp³-hybridized carbons (Fsp3) is 0.450. The van der Waals surface area contributed by atoms with Crippen LogP contribution in [0.1, 0.15) is 41.5 Å². The monoisotopic (exact) mass is 435 g/mol. The number of hydrogen-bond acceptors (Lipinski definition) is 10. The first-order valence-electron chi connectivity index (χ1n) is 9.40. The summed E-state index contributed by atoms with van der Waals surface area (Å²) in [4.78, 5) is 61.3. The van der Waals surface area contributed by atoms with Gasteiger partial charge in [0.25, 0.3) is 11.8 Å². The number of esters is 3. The smallest absolute Gasteiger partial charge is 0.303 e. The van der Waals surface area contributed by atoms with Gasteiger partial charge in [0.2, 0.25) is 0 Å². The first-order valence-corrected chi connectivity index (χ1v) is 9.40. The predicted octanol–water partition coefficient (Wildman–Crippen LogP) is -0.205. The van der Waals surface area contributed by atoms with Gasteiger partial charge in [-0.05, 0) is 12.1 Å². The van der Waals surface area contributed by atoms with Gasteiger partial charge in [0.1, 0.15) is 18.8 Å². The lowest BCUT2D eigenvalue weighted by molar-refractivity contribution is -0.272. The second-order valence-corrected chi connectivity index (χ2v) is 7.03. The van der Waals surface area contributed by atoms with E-state index in [1.165, 1.54) is 12.1 Å². The molecule has 1 N–H and O–H groups in total. The summed E-state index contributed by atoms with van der Waals surface area (Å²) in [6.07, 6.45) is -5.90. The van der Waals surface area contributed by atoms with Crippen molar-refractivity contribution in [2.45, 2.75) is 51.4 Å². The van der Waals surface area contributed by atoms with Crippen molar-refractivity contribution in [3.8, 4) is 0 Å². The Morgan fingerprint density at radius 2 is 1.45 bits per heavy atom. The minimum absolute atomic E-state index is 0.104. The zero-order chi connectivity index (χ0) is 22.9. The summed E-state index contributed by atoms with van der Waals surface area (Å²) in [5.41, 5.74) is 0.208. The summed E-state index contributed by atoms with van der Waals surface area (Å²) in [6.45, 7) is 2.88. The number of benzene rings is 1. The summed E-state index contributed by atoms with van der Waals surface area (Å²) in [7, 11) is 0. The van der Waals surface area contributed by atoms with E-state index in [2.05, 4.69) is 0 Å². The van der Waals surface area contributed by atoms with E-state index < -0.39 is 67.0 Å². The van der Waals surface area contributed by atoms with Gasteiger partial charge in [-0.3, -0.25) is 28.9 Å². The Labute approximate surface area is 176 Å². The molecule has 1 aromatic rings. The second-order valence-electron chi connectivity index (χ2n) is 7.03. The minimum atomic E-state index is -1.82. The van der Waals surface area contributed by atoms with Gasteiger partial charge in [-0.1, -0.05) is 12.1 Å². The molecule has 5 atom stereocenters. The van der Waals surface area contributed by atoms with E-state index in [1.54, 1.807) is 12.1 Å². The molecule has 0 spiro atoms. The molecule has 31 heavy (non-hydrogen) atoms. The zero-order valence-corrected chi connectivity index (χ0v) is 17.0. The molecule has 0 unspecified atom stereocenters. The molecule has 2 aliphatic rings. The van der Waals surface area contributed by atoms with Crippen LogP contribution in [0.2, 0.25) is 0 Å². The molecular weight excluding hydrogens is 414 g/mol. The maximum Gasteiger partial charge on any atom is 0.303 e. The molecule has 11 heteroatoms. The standard InChI is InChI=1S/C20H21NO10/c1-9(22)28-8-14-16(29-10(2)23)17(30-11(3)24)15(20(27)31-14)21-18(25)12-6-4-5-7-13(12)19(21)26/h4-7,14-17,20,27H,8H2,1-3H3/t14-,15+,16-,17-,20+/m1/s1. The highest BCUT2D eigenvalue weighted by Crippen LogP contribution is 2.34. The molecular formula is C20H21NO10. The quantitative estimate of drug-likeness (QED) is 0.375. The maximum absolute atomic E-state index is 12.9. The van der Waals surface area contributed by atoms with Crippen LogP contribution >= 0.6 is 0 Å². The number of imide groups is 1. The van der Waals surface area contributed by atoms with E-state index in [0.29, 0.717) is 0 Å². The lowest BCUT2D eigenvalue weighted by atomic mass is 9.95. The number of aliphatic hydroxyl groups is 1. The van der Waals surface area contributed by atoms with Crippen molar-refractivity contribution in [1.82, 2.24) is 4.90 Å². The number of fused-ring (bicyclic) bond motifs is 1. The van der Waals surface area contributed by atoms with Crippen molar-refractivity contribution in [1.29, 1.82) is 0 Å². The number of hydrogen-bond donors (Lipinski definition) is 1. The summed E-state index contributed by atoms with van der Waals surface area (Å²) < 4.78 is 20.9. The molecule has 2 heterocycles. The molecule has 1 aromatic carbocycles. The summed E-state index contributed by atoms with van der Waals surface area (Å²) in [5, 5.41) is 10.7. The van der Waals surface area contributed by atoms with Crippen LogP contribution in [0.5, 0.6) is 0 Å². The number of amides is 2. The Morgan fingerprint density at radius 3 is 1.94 bits per heavy atom. The van der Waals surface area contributed by atoms with E-state index in [0.717, 1.165) is 25.7 Å². The third kappa shape index (κ3) is 4.42. The minimum Gasteiger partial charge on any atom is -0.463 e. The van der Waals surface area contributed by atoms with Gasteiger partial charge >= 0.3 is 17.9 Å². The zero-order valence-electron chi connectivity index (χ0n) is 17.0. The van der Waals surface area contributed by atoms with Crippen molar-refractivity contribution >= 4 is 29.7 Å². The van der Waals surface area contributed by atoms with Gasteiger partial charge < -0.3 is 24.1 Å². The molecule has 11 nitrogen and oxygen atoms in total. The fourth-order valence-corrected chi connectivity index (χ4v) is 3.65. The molecule has 0 aromatic heterocycles. The van der Waals surface area contributed by atoms with Gasteiger partial charge in [0.15, 0.2) is 18.5 Å². The molecule has 166 valence electrons. The predicted molar refractivity (Wildman–Crippen MR) is 99.4 cm³/mol. The number of aliphatic hydroxyl groups excluding tert-OH is 1. The van der Waals surface area contributed by atoms with Crippen molar-refractivity contribution in [2.75, 3.05) is 6.61 Å². The summed E-state index contributed by atoms with van der Waals surface area (Å²) >= 11 is 0. The second kappa shape index (κ2) is 8.82. The first-order chi connectivity index (χ1) is 14.6.